The summed E-state index contributed by atoms with van der Waals surface area (Å²) in [4.78, 5) is 14.1. The van der Waals surface area contributed by atoms with E-state index in [1.807, 2.05) is 18.2 Å². The molecule has 0 radical (unpaired) electrons. The van der Waals surface area contributed by atoms with Crippen molar-refractivity contribution in [2.75, 3.05) is 13.1 Å². The summed E-state index contributed by atoms with van der Waals surface area (Å²) >= 11 is 0. The van der Waals surface area contributed by atoms with Crippen LogP contribution in [0.25, 0.3) is 0 Å². The first-order chi connectivity index (χ1) is 15.1. The molecular formula is C25H33N5O. The van der Waals surface area contributed by atoms with Gasteiger partial charge >= 0.3 is 0 Å². The van der Waals surface area contributed by atoms with Crippen LogP contribution in [0.2, 0.25) is 0 Å². The summed E-state index contributed by atoms with van der Waals surface area (Å²) in [6, 6.07) is 18.2. The van der Waals surface area contributed by atoms with Crippen LogP contribution < -0.4 is 10.6 Å². The van der Waals surface area contributed by atoms with E-state index >= 15 is 0 Å². The zero-order valence-corrected chi connectivity index (χ0v) is 18.3. The van der Waals surface area contributed by atoms with Crippen LogP contribution in [-0.4, -0.2) is 41.6 Å². The molecule has 31 heavy (non-hydrogen) atoms. The largest absolute Gasteiger partial charge is 0.348 e. The molecule has 1 fully saturated rings. The number of rotatable bonds is 9. The van der Waals surface area contributed by atoms with E-state index < -0.39 is 0 Å². The Balaban J connectivity index is 1.64. The van der Waals surface area contributed by atoms with Crippen LogP contribution in [0.1, 0.15) is 42.9 Å². The van der Waals surface area contributed by atoms with Crippen LogP contribution >= 0.6 is 0 Å². The quantitative estimate of drug-likeness (QED) is 0.370. The Morgan fingerprint density at radius 3 is 2.39 bits per heavy atom. The molecule has 2 aromatic carbocycles. The molecule has 0 aromatic heterocycles. The average molecular weight is 420 g/mol. The highest BCUT2D eigenvalue weighted by Gasteiger charge is 2.23. The second kappa shape index (κ2) is 11.4. The fraction of sp³-hybridized carbons (Fsp3) is 0.400. The van der Waals surface area contributed by atoms with E-state index in [1.54, 1.807) is 4.90 Å². The maximum Gasteiger partial charge on any atom is 0.237 e. The molecule has 164 valence electrons. The van der Waals surface area contributed by atoms with Crippen molar-refractivity contribution in [3.05, 3.63) is 71.3 Å². The molecule has 0 spiro atoms. The third-order valence-electron chi connectivity index (χ3n) is 5.72. The number of amides is 1. The highest BCUT2D eigenvalue weighted by atomic mass is 16.2. The molecule has 0 aliphatic carbocycles. The van der Waals surface area contributed by atoms with Crippen molar-refractivity contribution in [1.82, 2.24) is 15.5 Å². The van der Waals surface area contributed by atoms with E-state index in [1.165, 1.54) is 11.1 Å². The summed E-state index contributed by atoms with van der Waals surface area (Å²) < 4.78 is 0. The Labute approximate surface area is 185 Å². The van der Waals surface area contributed by atoms with E-state index in [2.05, 4.69) is 54.0 Å². The summed E-state index contributed by atoms with van der Waals surface area (Å²) in [5.74, 6) is 0.566. The first-order valence-electron chi connectivity index (χ1n) is 11.1. The molecule has 6 heteroatoms. The Hall–Kier alpha value is -2.99. The first-order valence-corrected chi connectivity index (χ1v) is 11.1. The lowest BCUT2D eigenvalue weighted by Crippen LogP contribution is -2.46. The molecule has 1 unspecified atom stereocenters. The van der Waals surface area contributed by atoms with Gasteiger partial charge in [0.25, 0.3) is 0 Å². The Morgan fingerprint density at radius 2 is 1.74 bits per heavy atom. The molecule has 1 aliphatic heterocycles. The van der Waals surface area contributed by atoms with Gasteiger partial charge in [0.05, 0.1) is 19.1 Å². The number of carbonyl (C=O) groups excluding carboxylic acids is 1. The van der Waals surface area contributed by atoms with Crippen LogP contribution in [-0.2, 0) is 24.2 Å². The van der Waals surface area contributed by atoms with E-state index in [4.69, 9.17) is 10.8 Å². The number of nitrogens with one attached hydrogen (secondary N) is 4. The zero-order chi connectivity index (χ0) is 22.1. The molecule has 1 amide bonds. The summed E-state index contributed by atoms with van der Waals surface area (Å²) in [7, 11) is 0. The number of aryl methyl sites for hydroxylation is 2. The third kappa shape index (κ3) is 6.76. The van der Waals surface area contributed by atoms with Crippen LogP contribution in [0.4, 0.5) is 0 Å². The molecule has 1 saturated heterocycles. The normalized spacial score (nSPS) is 15.5. The van der Waals surface area contributed by atoms with Gasteiger partial charge in [-0.25, -0.2) is 0 Å². The number of hydrogen-bond acceptors (Lipinski definition) is 4. The van der Waals surface area contributed by atoms with Crippen molar-refractivity contribution in [2.24, 2.45) is 0 Å². The van der Waals surface area contributed by atoms with Gasteiger partial charge in [-0.1, -0.05) is 61.5 Å². The van der Waals surface area contributed by atoms with Gasteiger partial charge in [-0.05, 0) is 48.9 Å². The Bertz CT molecular complexity index is 873. The molecule has 1 aliphatic rings. The molecule has 0 saturated carbocycles. The number of carbonyl (C=O) groups is 1. The first kappa shape index (κ1) is 22.7. The predicted molar refractivity (Wildman–Crippen MR) is 126 cm³/mol. The van der Waals surface area contributed by atoms with Gasteiger partial charge in [-0.2, -0.15) is 0 Å². The number of nitrogens with zero attached hydrogens (tertiary/aromatic N) is 1. The van der Waals surface area contributed by atoms with Gasteiger partial charge in [-0.3, -0.25) is 15.6 Å². The SMILES string of the molecule is CCc1ccc(CN(C(=N)CCc2ccccc2)C(=N)CNC(=O)C2CCCN2)cc1. The summed E-state index contributed by atoms with van der Waals surface area (Å²) in [6.45, 7) is 3.56. The number of benzene rings is 2. The maximum atomic E-state index is 12.3. The molecule has 1 heterocycles. The summed E-state index contributed by atoms with van der Waals surface area (Å²) in [5, 5.41) is 23.3. The van der Waals surface area contributed by atoms with Gasteiger partial charge in [0.15, 0.2) is 0 Å². The minimum atomic E-state index is -0.166. The predicted octanol–water partition coefficient (Wildman–Crippen LogP) is 3.51. The second-order valence-corrected chi connectivity index (χ2v) is 8.00. The number of hydrogen-bond donors (Lipinski definition) is 4. The van der Waals surface area contributed by atoms with Gasteiger partial charge in [0.2, 0.25) is 5.91 Å². The van der Waals surface area contributed by atoms with Crippen LogP contribution in [0, 0.1) is 10.8 Å². The molecule has 0 bridgehead atoms. The zero-order valence-electron chi connectivity index (χ0n) is 18.3. The molecule has 3 rings (SSSR count). The van der Waals surface area contributed by atoms with Crippen molar-refractivity contribution < 1.29 is 4.79 Å². The fourth-order valence-corrected chi connectivity index (χ4v) is 3.76. The lowest BCUT2D eigenvalue weighted by Gasteiger charge is -2.26. The topological polar surface area (TPSA) is 92.1 Å². The fourth-order valence-electron chi connectivity index (χ4n) is 3.76. The lowest BCUT2D eigenvalue weighted by molar-refractivity contribution is -0.122. The smallest absolute Gasteiger partial charge is 0.237 e. The average Bonchev–Trinajstić information content (AvgIpc) is 3.35. The second-order valence-electron chi connectivity index (χ2n) is 8.00. The molecular weight excluding hydrogens is 386 g/mol. The van der Waals surface area contributed by atoms with E-state index in [0.717, 1.165) is 37.8 Å². The van der Waals surface area contributed by atoms with Gasteiger partial charge < -0.3 is 15.5 Å². The Morgan fingerprint density at radius 1 is 1.03 bits per heavy atom. The van der Waals surface area contributed by atoms with Crippen molar-refractivity contribution in [2.45, 2.75) is 51.6 Å². The summed E-state index contributed by atoms with van der Waals surface area (Å²) in [6.07, 6.45) is 4.10. The van der Waals surface area contributed by atoms with Gasteiger partial charge in [0.1, 0.15) is 11.7 Å². The van der Waals surface area contributed by atoms with Gasteiger partial charge in [0, 0.05) is 6.42 Å². The third-order valence-corrected chi connectivity index (χ3v) is 5.72. The van der Waals surface area contributed by atoms with E-state index in [9.17, 15) is 4.79 Å². The maximum absolute atomic E-state index is 12.3. The van der Waals surface area contributed by atoms with E-state index in [-0.39, 0.29) is 24.3 Å². The molecule has 2 aromatic rings. The van der Waals surface area contributed by atoms with E-state index in [0.29, 0.717) is 18.8 Å². The standard InChI is InChI=1S/C25H33N5O/c1-2-19-10-12-21(13-11-19)18-30(23(26)15-14-20-7-4-3-5-8-20)24(27)17-29-25(31)22-9-6-16-28-22/h3-5,7-8,10-13,22,26-28H,2,6,9,14-18H2,1H3,(H,29,31). The van der Waals surface area contributed by atoms with Crippen LogP contribution in [0.5, 0.6) is 0 Å². The minimum absolute atomic E-state index is 0.0645. The monoisotopic (exact) mass is 419 g/mol. The highest BCUT2D eigenvalue weighted by Crippen LogP contribution is 2.12. The number of amidine groups is 2. The lowest BCUT2D eigenvalue weighted by atomic mass is 10.1. The van der Waals surface area contributed by atoms with Crippen molar-refractivity contribution in [1.29, 1.82) is 10.8 Å². The summed E-state index contributed by atoms with van der Waals surface area (Å²) in [5.41, 5.74) is 3.49. The molecule has 1 atom stereocenters. The minimum Gasteiger partial charge on any atom is -0.348 e. The van der Waals surface area contributed by atoms with Gasteiger partial charge in [-0.15, -0.1) is 0 Å². The van der Waals surface area contributed by atoms with Crippen molar-refractivity contribution in [3.63, 3.8) is 0 Å². The van der Waals surface area contributed by atoms with Crippen molar-refractivity contribution in [3.8, 4) is 0 Å². The highest BCUT2D eigenvalue weighted by molar-refractivity contribution is 6.00. The van der Waals surface area contributed by atoms with Crippen LogP contribution in [0.3, 0.4) is 0 Å². The van der Waals surface area contributed by atoms with Crippen molar-refractivity contribution >= 4 is 17.6 Å². The Kier molecular flexibility index (Phi) is 8.35. The molecule has 4 N–H and O–H groups in total. The van der Waals surface area contributed by atoms with Crippen LogP contribution in [0.15, 0.2) is 54.6 Å². The molecule has 6 nitrogen and oxygen atoms in total.